The molecule has 0 saturated heterocycles. The fourth-order valence-corrected chi connectivity index (χ4v) is 4.10. The molecule has 0 aromatic heterocycles. The highest BCUT2D eigenvalue weighted by Crippen LogP contribution is 2.44. The van der Waals surface area contributed by atoms with Gasteiger partial charge in [0, 0.05) is 23.1 Å². The van der Waals surface area contributed by atoms with Gasteiger partial charge in [-0.15, -0.1) is 0 Å². The SMILES string of the molecule is COC(=O)c1ccc(C)c(N2C(=O)CCc3c(-c4ccccc4Cl)cc(O)cc32)c1. The van der Waals surface area contributed by atoms with Crippen LogP contribution in [0.2, 0.25) is 5.02 Å². The van der Waals surface area contributed by atoms with E-state index < -0.39 is 5.97 Å². The lowest BCUT2D eigenvalue weighted by Gasteiger charge is -2.32. The minimum atomic E-state index is -0.478. The second-order valence-corrected chi connectivity index (χ2v) is 7.60. The lowest BCUT2D eigenvalue weighted by atomic mass is 9.90. The monoisotopic (exact) mass is 421 g/mol. The molecule has 0 aliphatic carbocycles. The summed E-state index contributed by atoms with van der Waals surface area (Å²) in [5.41, 5.74) is 4.85. The molecule has 5 nitrogen and oxygen atoms in total. The Bertz CT molecular complexity index is 1170. The molecule has 0 radical (unpaired) electrons. The third-order valence-corrected chi connectivity index (χ3v) is 5.66. The zero-order chi connectivity index (χ0) is 21.4. The third kappa shape index (κ3) is 3.42. The molecule has 1 aliphatic heterocycles. The molecule has 152 valence electrons. The Balaban J connectivity index is 1.94. The van der Waals surface area contributed by atoms with Gasteiger partial charge in [0.1, 0.15) is 5.75 Å². The van der Waals surface area contributed by atoms with Crippen molar-refractivity contribution < 1.29 is 19.4 Å². The number of aromatic hydroxyl groups is 1. The molecular weight excluding hydrogens is 402 g/mol. The molecule has 1 heterocycles. The molecule has 1 amide bonds. The second-order valence-electron chi connectivity index (χ2n) is 7.19. The standard InChI is InChI=1S/C24H20ClNO4/c1-14-7-8-15(24(29)30-2)11-21(14)26-22-13-16(27)12-19(18(22)9-10-23(26)28)17-5-3-4-6-20(17)25/h3-8,11-13,27H,9-10H2,1-2H3. The number of amides is 1. The van der Waals surface area contributed by atoms with E-state index in [1.807, 2.05) is 25.1 Å². The van der Waals surface area contributed by atoms with Crippen LogP contribution in [-0.2, 0) is 16.0 Å². The molecule has 3 aromatic rings. The summed E-state index contributed by atoms with van der Waals surface area (Å²) >= 11 is 6.42. The first kappa shape index (κ1) is 20.0. The van der Waals surface area contributed by atoms with Gasteiger partial charge in [-0.05, 0) is 54.3 Å². The van der Waals surface area contributed by atoms with Gasteiger partial charge in [0.05, 0.1) is 24.0 Å². The van der Waals surface area contributed by atoms with Crippen molar-refractivity contribution in [1.29, 1.82) is 0 Å². The van der Waals surface area contributed by atoms with E-state index in [2.05, 4.69) is 0 Å². The third-order valence-electron chi connectivity index (χ3n) is 5.33. The Morgan fingerprint density at radius 1 is 1.03 bits per heavy atom. The number of phenolic OH excluding ortho intramolecular Hbond substituents is 1. The zero-order valence-electron chi connectivity index (χ0n) is 16.6. The van der Waals surface area contributed by atoms with Crippen molar-refractivity contribution in [3.63, 3.8) is 0 Å². The maximum absolute atomic E-state index is 13.0. The number of fused-ring (bicyclic) bond motifs is 1. The summed E-state index contributed by atoms with van der Waals surface area (Å²) in [7, 11) is 1.32. The molecule has 0 saturated carbocycles. The molecule has 1 aliphatic rings. The summed E-state index contributed by atoms with van der Waals surface area (Å²) in [6, 6.07) is 15.8. The van der Waals surface area contributed by atoms with Gasteiger partial charge < -0.3 is 9.84 Å². The Kier molecular flexibility index (Phi) is 5.22. The fourth-order valence-electron chi connectivity index (χ4n) is 3.86. The first-order chi connectivity index (χ1) is 14.4. The number of hydrogen-bond donors (Lipinski definition) is 1. The van der Waals surface area contributed by atoms with Gasteiger partial charge in [-0.3, -0.25) is 9.69 Å². The minimum Gasteiger partial charge on any atom is -0.508 e. The van der Waals surface area contributed by atoms with Crippen LogP contribution in [0.5, 0.6) is 5.75 Å². The number of benzene rings is 3. The number of hydrogen-bond acceptors (Lipinski definition) is 4. The highest BCUT2D eigenvalue weighted by molar-refractivity contribution is 6.33. The topological polar surface area (TPSA) is 66.8 Å². The maximum Gasteiger partial charge on any atom is 0.337 e. The number of methoxy groups -OCH3 is 1. The van der Waals surface area contributed by atoms with Gasteiger partial charge in [0.25, 0.3) is 0 Å². The molecular formula is C24H20ClNO4. The van der Waals surface area contributed by atoms with Crippen LogP contribution in [0.25, 0.3) is 11.1 Å². The minimum absolute atomic E-state index is 0.0325. The predicted octanol–water partition coefficient (Wildman–Crippen LogP) is 5.42. The Morgan fingerprint density at radius 3 is 2.53 bits per heavy atom. The number of esters is 1. The number of nitrogens with zero attached hydrogens (tertiary/aromatic N) is 1. The van der Waals surface area contributed by atoms with Crippen LogP contribution < -0.4 is 4.90 Å². The summed E-state index contributed by atoms with van der Waals surface area (Å²) in [4.78, 5) is 26.6. The van der Waals surface area contributed by atoms with Crippen molar-refractivity contribution in [2.45, 2.75) is 19.8 Å². The zero-order valence-corrected chi connectivity index (χ0v) is 17.4. The number of aryl methyl sites for hydroxylation is 1. The van der Waals surface area contributed by atoms with Gasteiger partial charge in [-0.25, -0.2) is 4.79 Å². The quantitative estimate of drug-likeness (QED) is 0.573. The highest BCUT2D eigenvalue weighted by Gasteiger charge is 2.30. The molecule has 0 bridgehead atoms. The molecule has 1 N–H and O–H groups in total. The molecule has 0 atom stereocenters. The van der Waals surface area contributed by atoms with Crippen LogP contribution in [-0.4, -0.2) is 24.1 Å². The van der Waals surface area contributed by atoms with Crippen LogP contribution in [0, 0.1) is 6.92 Å². The fraction of sp³-hybridized carbons (Fsp3) is 0.167. The van der Waals surface area contributed by atoms with E-state index in [0.29, 0.717) is 34.8 Å². The number of rotatable bonds is 3. The molecule has 0 unspecified atom stereocenters. The molecule has 4 rings (SSSR count). The number of anilines is 2. The van der Waals surface area contributed by atoms with Crippen LogP contribution in [0.4, 0.5) is 11.4 Å². The summed E-state index contributed by atoms with van der Waals surface area (Å²) in [6.07, 6.45) is 0.832. The number of ether oxygens (including phenoxy) is 1. The summed E-state index contributed by atoms with van der Waals surface area (Å²) in [5, 5.41) is 11.0. The second kappa shape index (κ2) is 7.84. The average Bonchev–Trinajstić information content (AvgIpc) is 2.73. The van der Waals surface area contributed by atoms with Gasteiger partial charge in [0.2, 0.25) is 5.91 Å². The van der Waals surface area contributed by atoms with Gasteiger partial charge >= 0.3 is 5.97 Å². The van der Waals surface area contributed by atoms with Gasteiger partial charge in [0.15, 0.2) is 0 Å². The maximum atomic E-state index is 13.0. The Morgan fingerprint density at radius 2 is 1.80 bits per heavy atom. The van der Waals surface area contributed by atoms with E-state index >= 15 is 0 Å². The first-order valence-electron chi connectivity index (χ1n) is 9.53. The van der Waals surface area contributed by atoms with Crippen molar-refractivity contribution in [3.8, 4) is 16.9 Å². The van der Waals surface area contributed by atoms with Crippen molar-refractivity contribution in [2.24, 2.45) is 0 Å². The highest BCUT2D eigenvalue weighted by atomic mass is 35.5. The molecule has 30 heavy (non-hydrogen) atoms. The lowest BCUT2D eigenvalue weighted by molar-refractivity contribution is -0.118. The molecule has 0 spiro atoms. The lowest BCUT2D eigenvalue weighted by Crippen LogP contribution is -2.31. The molecule has 0 fully saturated rings. The predicted molar refractivity (Wildman–Crippen MR) is 117 cm³/mol. The van der Waals surface area contributed by atoms with Crippen LogP contribution in [0.1, 0.15) is 27.9 Å². The number of phenols is 1. The number of carbonyl (C=O) groups excluding carboxylic acids is 2. The smallest absolute Gasteiger partial charge is 0.337 e. The van der Waals surface area contributed by atoms with E-state index in [0.717, 1.165) is 22.3 Å². The summed E-state index contributed by atoms with van der Waals surface area (Å²) < 4.78 is 4.83. The van der Waals surface area contributed by atoms with E-state index in [1.165, 1.54) is 7.11 Å². The Hall–Kier alpha value is -3.31. The first-order valence-corrected chi connectivity index (χ1v) is 9.91. The van der Waals surface area contributed by atoms with Gasteiger partial charge in [-0.2, -0.15) is 0 Å². The number of halogens is 1. The van der Waals surface area contributed by atoms with Crippen molar-refractivity contribution in [3.05, 3.63) is 76.3 Å². The van der Waals surface area contributed by atoms with Crippen molar-refractivity contribution >= 4 is 34.9 Å². The van der Waals surface area contributed by atoms with Crippen LogP contribution in [0.3, 0.4) is 0 Å². The molecule has 6 heteroatoms. The van der Waals surface area contributed by atoms with Crippen LogP contribution >= 0.6 is 11.6 Å². The average molecular weight is 422 g/mol. The summed E-state index contributed by atoms with van der Waals surface area (Å²) in [5.74, 6) is -0.554. The van der Waals surface area contributed by atoms with Crippen molar-refractivity contribution in [2.75, 3.05) is 12.0 Å². The van der Waals surface area contributed by atoms with E-state index in [1.54, 1.807) is 41.3 Å². The largest absolute Gasteiger partial charge is 0.508 e. The van der Waals surface area contributed by atoms with Crippen molar-refractivity contribution in [1.82, 2.24) is 0 Å². The van der Waals surface area contributed by atoms with Crippen LogP contribution in [0.15, 0.2) is 54.6 Å². The van der Waals surface area contributed by atoms with E-state index in [4.69, 9.17) is 16.3 Å². The van der Waals surface area contributed by atoms with E-state index in [-0.39, 0.29) is 11.7 Å². The summed E-state index contributed by atoms with van der Waals surface area (Å²) in [6.45, 7) is 1.87. The molecule has 3 aromatic carbocycles. The Labute approximate surface area is 179 Å². The van der Waals surface area contributed by atoms with E-state index in [9.17, 15) is 14.7 Å². The normalized spacial score (nSPS) is 13.2. The van der Waals surface area contributed by atoms with Gasteiger partial charge in [-0.1, -0.05) is 35.9 Å². The number of carbonyl (C=O) groups is 2.